The third-order valence-electron chi connectivity index (χ3n) is 2.45. The minimum atomic E-state index is -0.379. The Kier molecular flexibility index (Phi) is 4.04. The lowest BCUT2D eigenvalue weighted by Crippen LogP contribution is -2.09. The SMILES string of the molecule is Cc1cc(Br)cc(NCc2cc(C(N)=O)cs2)c1. The Labute approximate surface area is 118 Å². The summed E-state index contributed by atoms with van der Waals surface area (Å²) in [5.74, 6) is -0.379. The van der Waals surface area contributed by atoms with Gasteiger partial charge in [-0.2, -0.15) is 0 Å². The van der Waals surface area contributed by atoms with E-state index >= 15 is 0 Å². The standard InChI is InChI=1S/C13H13BrN2OS/c1-8-2-10(14)5-11(3-8)16-6-12-4-9(7-18-12)13(15)17/h2-5,7,16H,6H2,1H3,(H2,15,17). The number of carbonyl (C=O) groups is 1. The van der Waals surface area contributed by atoms with E-state index in [9.17, 15) is 4.79 Å². The van der Waals surface area contributed by atoms with Crippen LogP contribution in [-0.4, -0.2) is 5.91 Å². The molecule has 0 atom stereocenters. The highest BCUT2D eigenvalue weighted by molar-refractivity contribution is 9.10. The molecule has 0 fully saturated rings. The number of anilines is 1. The van der Waals surface area contributed by atoms with Gasteiger partial charge < -0.3 is 11.1 Å². The van der Waals surface area contributed by atoms with Gasteiger partial charge in [-0.1, -0.05) is 15.9 Å². The summed E-state index contributed by atoms with van der Waals surface area (Å²) in [7, 11) is 0. The van der Waals surface area contributed by atoms with E-state index < -0.39 is 0 Å². The monoisotopic (exact) mass is 324 g/mol. The van der Waals surface area contributed by atoms with E-state index in [-0.39, 0.29) is 5.91 Å². The number of benzene rings is 1. The molecule has 0 aliphatic carbocycles. The number of primary amides is 1. The van der Waals surface area contributed by atoms with Gasteiger partial charge in [0.25, 0.3) is 0 Å². The first-order chi connectivity index (χ1) is 8.54. The van der Waals surface area contributed by atoms with Gasteiger partial charge in [0.05, 0.1) is 5.56 Å². The molecular formula is C13H13BrN2OS. The summed E-state index contributed by atoms with van der Waals surface area (Å²) in [6, 6.07) is 7.98. The van der Waals surface area contributed by atoms with Gasteiger partial charge in [-0.05, 0) is 36.8 Å². The molecule has 3 nitrogen and oxygen atoms in total. The third kappa shape index (κ3) is 3.34. The third-order valence-corrected chi connectivity index (χ3v) is 3.84. The minimum absolute atomic E-state index is 0.379. The van der Waals surface area contributed by atoms with Gasteiger partial charge in [0.2, 0.25) is 5.91 Å². The van der Waals surface area contributed by atoms with Crippen molar-refractivity contribution in [3.63, 3.8) is 0 Å². The van der Waals surface area contributed by atoms with Gasteiger partial charge in [0, 0.05) is 27.0 Å². The lowest BCUT2D eigenvalue weighted by Gasteiger charge is -2.06. The van der Waals surface area contributed by atoms with E-state index in [4.69, 9.17) is 5.73 Å². The summed E-state index contributed by atoms with van der Waals surface area (Å²) in [4.78, 5) is 12.1. The summed E-state index contributed by atoms with van der Waals surface area (Å²) in [6.07, 6.45) is 0. The van der Waals surface area contributed by atoms with E-state index in [0.717, 1.165) is 15.0 Å². The molecule has 5 heteroatoms. The van der Waals surface area contributed by atoms with Crippen LogP contribution in [0.3, 0.4) is 0 Å². The molecule has 2 aromatic rings. The molecule has 0 radical (unpaired) electrons. The van der Waals surface area contributed by atoms with Crippen LogP contribution in [0.4, 0.5) is 5.69 Å². The lowest BCUT2D eigenvalue weighted by molar-refractivity contribution is 0.100. The molecule has 0 aliphatic rings. The van der Waals surface area contributed by atoms with Crippen LogP contribution in [0.1, 0.15) is 20.8 Å². The van der Waals surface area contributed by atoms with Crippen molar-refractivity contribution in [1.82, 2.24) is 0 Å². The van der Waals surface area contributed by atoms with Gasteiger partial charge in [-0.3, -0.25) is 4.79 Å². The van der Waals surface area contributed by atoms with Gasteiger partial charge in [0.15, 0.2) is 0 Å². The second-order valence-corrected chi connectivity index (χ2v) is 5.95. The van der Waals surface area contributed by atoms with Crippen molar-refractivity contribution < 1.29 is 4.79 Å². The first-order valence-electron chi connectivity index (χ1n) is 5.43. The van der Waals surface area contributed by atoms with Crippen LogP contribution in [0, 0.1) is 6.92 Å². The topological polar surface area (TPSA) is 55.1 Å². The van der Waals surface area contributed by atoms with Gasteiger partial charge >= 0.3 is 0 Å². The van der Waals surface area contributed by atoms with Crippen LogP contribution >= 0.6 is 27.3 Å². The Morgan fingerprint density at radius 2 is 2.17 bits per heavy atom. The Hall–Kier alpha value is -1.33. The van der Waals surface area contributed by atoms with Crippen molar-refractivity contribution in [2.75, 3.05) is 5.32 Å². The van der Waals surface area contributed by atoms with E-state index in [2.05, 4.69) is 33.4 Å². The number of nitrogens with one attached hydrogen (secondary N) is 1. The van der Waals surface area contributed by atoms with E-state index in [0.29, 0.717) is 12.1 Å². The molecule has 1 amide bonds. The average molecular weight is 325 g/mol. The number of aryl methyl sites for hydroxylation is 1. The Morgan fingerprint density at radius 1 is 1.39 bits per heavy atom. The molecule has 94 valence electrons. The highest BCUT2D eigenvalue weighted by Gasteiger charge is 2.04. The average Bonchev–Trinajstić information content (AvgIpc) is 2.73. The number of rotatable bonds is 4. The smallest absolute Gasteiger partial charge is 0.249 e. The molecule has 1 heterocycles. The van der Waals surface area contributed by atoms with Crippen LogP contribution in [0.25, 0.3) is 0 Å². The zero-order valence-electron chi connectivity index (χ0n) is 9.87. The first kappa shape index (κ1) is 13.1. The fraction of sp³-hybridized carbons (Fsp3) is 0.154. The van der Waals surface area contributed by atoms with Gasteiger partial charge in [0.1, 0.15) is 0 Å². The largest absolute Gasteiger partial charge is 0.380 e. The van der Waals surface area contributed by atoms with Crippen molar-refractivity contribution in [2.24, 2.45) is 5.73 Å². The van der Waals surface area contributed by atoms with Crippen LogP contribution in [0.5, 0.6) is 0 Å². The van der Waals surface area contributed by atoms with E-state index in [1.165, 1.54) is 16.9 Å². The number of hydrogen-bond donors (Lipinski definition) is 2. The zero-order chi connectivity index (χ0) is 13.1. The summed E-state index contributed by atoms with van der Waals surface area (Å²) in [6.45, 7) is 2.74. The van der Waals surface area contributed by atoms with Gasteiger partial charge in [-0.15, -0.1) is 11.3 Å². The Bertz CT molecular complexity index is 560. The fourth-order valence-corrected chi connectivity index (χ4v) is 3.05. The lowest BCUT2D eigenvalue weighted by atomic mass is 10.2. The number of nitrogens with two attached hydrogens (primary N) is 1. The van der Waals surface area contributed by atoms with Crippen LogP contribution in [0.2, 0.25) is 0 Å². The van der Waals surface area contributed by atoms with Crippen molar-refractivity contribution in [3.05, 3.63) is 50.1 Å². The number of carbonyl (C=O) groups excluding carboxylic acids is 1. The van der Waals surface area contributed by atoms with E-state index in [1.54, 1.807) is 5.38 Å². The number of thiophene rings is 1. The highest BCUT2D eigenvalue weighted by atomic mass is 79.9. The fourth-order valence-electron chi connectivity index (χ4n) is 1.63. The molecule has 0 saturated heterocycles. The predicted octanol–water partition coefficient (Wildman–Crippen LogP) is 3.53. The molecule has 1 aromatic carbocycles. The number of amides is 1. The minimum Gasteiger partial charge on any atom is -0.380 e. The van der Waals surface area contributed by atoms with Crippen molar-refractivity contribution >= 4 is 38.9 Å². The van der Waals surface area contributed by atoms with Crippen molar-refractivity contribution in [1.29, 1.82) is 0 Å². The normalized spacial score (nSPS) is 10.3. The van der Waals surface area contributed by atoms with Crippen molar-refractivity contribution in [3.8, 4) is 0 Å². The van der Waals surface area contributed by atoms with Crippen LogP contribution in [-0.2, 0) is 6.54 Å². The molecule has 0 unspecified atom stereocenters. The molecule has 0 aliphatic heterocycles. The molecule has 2 rings (SSSR count). The van der Waals surface area contributed by atoms with E-state index in [1.807, 2.05) is 19.1 Å². The Morgan fingerprint density at radius 3 is 2.78 bits per heavy atom. The second-order valence-electron chi connectivity index (χ2n) is 4.04. The van der Waals surface area contributed by atoms with Gasteiger partial charge in [-0.25, -0.2) is 0 Å². The maximum atomic E-state index is 11.0. The van der Waals surface area contributed by atoms with Crippen molar-refractivity contribution in [2.45, 2.75) is 13.5 Å². The quantitative estimate of drug-likeness (QED) is 0.903. The van der Waals surface area contributed by atoms with Crippen LogP contribution in [0.15, 0.2) is 34.1 Å². The Balaban J connectivity index is 2.04. The summed E-state index contributed by atoms with van der Waals surface area (Å²) < 4.78 is 1.05. The molecule has 0 spiro atoms. The highest BCUT2D eigenvalue weighted by Crippen LogP contribution is 2.21. The molecule has 3 N–H and O–H groups in total. The number of halogens is 1. The summed E-state index contributed by atoms with van der Waals surface area (Å²) >= 11 is 4.99. The van der Waals surface area contributed by atoms with Crippen LogP contribution < -0.4 is 11.1 Å². The maximum absolute atomic E-state index is 11.0. The summed E-state index contributed by atoms with van der Waals surface area (Å²) in [5.41, 5.74) is 8.03. The first-order valence-corrected chi connectivity index (χ1v) is 7.10. The summed E-state index contributed by atoms with van der Waals surface area (Å²) in [5, 5.41) is 5.11. The number of hydrogen-bond acceptors (Lipinski definition) is 3. The maximum Gasteiger partial charge on any atom is 0.249 e. The second kappa shape index (κ2) is 5.54. The predicted molar refractivity (Wildman–Crippen MR) is 79.0 cm³/mol. The molecule has 1 aromatic heterocycles. The molecular weight excluding hydrogens is 312 g/mol. The molecule has 0 bridgehead atoms. The molecule has 18 heavy (non-hydrogen) atoms. The zero-order valence-corrected chi connectivity index (χ0v) is 12.3. The molecule has 0 saturated carbocycles.